The number of aliphatic hydroxyl groups is 1. The molecule has 2 rings (SSSR count). The molecule has 1 unspecified atom stereocenters. The van der Waals surface area contributed by atoms with E-state index in [9.17, 15) is 23.1 Å². The number of benzene rings is 1. The first-order valence-electron chi connectivity index (χ1n) is 4.87. The molecule has 0 bridgehead atoms. The van der Waals surface area contributed by atoms with Crippen LogP contribution >= 0.6 is 0 Å². The van der Waals surface area contributed by atoms with Crippen LogP contribution in [-0.2, 0) is 4.79 Å². The number of rotatable bonds is 1. The van der Waals surface area contributed by atoms with E-state index in [0.717, 1.165) is 0 Å². The van der Waals surface area contributed by atoms with Gasteiger partial charge in [0.1, 0.15) is 5.76 Å². The molecule has 0 radical (unpaired) electrons. The van der Waals surface area contributed by atoms with Gasteiger partial charge in [0.25, 0.3) is 5.54 Å². The highest BCUT2D eigenvalue weighted by molar-refractivity contribution is 5.93. The molecule has 0 saturated carbocycles. The number of hydrogen-bond acceptors (Lipinski definition) is 3. The number of fused-ring (bicyclic) bond motifs is 1. The number of aliphatic hydroxyl groups excluding tert-OH is 1. The molecule has 1 heterocycles. The van der Waals surface area contributed by atoms with E-state index in [0.29, 0.717) is 0 Å². The number of aliphatic carboxylic acids is 1. The van der Waals surface area contributed by atoms with E-state index in [1.54, 1.807) is 0 Å². The van der Waals surface area contributed by atoms with Gasteiger partial charge in [0.2, 0.25) is 0 Å². The number of nitrogens with one attached hydrogen (secondary N) is 1. The van der Waals surface area contributed by atoms with E-state index in [2.05, 4.69) is 0 Å². The first kappa shape index (κ1) is 12.3. The second-order valence-corrected chi connectivity index (χ2v) is 3.81. The van der Waals surface area contributed by atoms with Gasteiger partial charge < -0.3 is 15.5 Å². The molecular formula is C11H8F3NO3. The van der Waals surface area contributed by atoms with Gasteiger partial charge in [-0.2, -0.15) is 13.2 Å². The van der Waals surface area contributed by atoms with Gasteiger partial charge in [-0.05, 0) is 12.1 Å². The fraction of sp³-hybridized carbons (Fsp3) is 0.182. The van der Waals surface area contributed by atoms with Gasteiger partial charge >= 0.3 is 12.1 Å². The summed E-state index contributed by atoms with van der Waals surface area (Å²) in [5.74, 6) is -2.85. The Hall–Kier alpha value is -2.18. The van der Waals surface area contributed by atoms with Crippen LogP contribution in [0, 0.1) is 0 Å². The van der Waals surface area contributed by atoms with E-state index < -0.39 is 23.4 Å². The van der Waals surface area contributed by atoms with Crippen molar-refractivity contribution in [2.75, 3.05) is 5.32 Å². The highest BCUT2D eigenvalue weighted by atomic mass is 19.4. The van der Waals surface area contributed by atoms with Gasteiger partial charge in [0.05, 0.1) is 0 Å². The molecule has 1 aliphatic rings. The van der Waals surface area contributed by atoms with E-state index >= 15 is 0 Å². The molecule has 18 heavy (non-hydrogen) atoms. The van der Waals surface area contributed by atoms with Crippen molar-refractivity contribution in [3.05, 3.63) is 35.9 Å². The number of alkyl halides is 3. The predicted octanol–water partition coefficient (Wildman–Crippen LogP) is 2.40. The van der Waals surface area contributed by atoms with Crippen molar-refractivity contribution in [1.29, 1.82) is 0 Å². The number of carbonyl (C=O) groups is 1. The van der Waals surface area contributed by atoms with Crippen molar-refractivity contribution in [1.82, 2.24) is 0 Å². The van der Waals surface area contributed by atoms with Crippen LogP contribution in [0.1, 0.15) is 5.56 Å². The summed E-state index contributed by atoms with van der Waals surface area (Å²) in [5.41, 5.74) is -3.28. The molecule has 1 aliphatic heterocycles. The fourth-order valence-electron chi connectivity index (χ4n) is 1.74. The van der Waals surface area contributed by atoms with Crippen LogP contribution in [0.4, 0.5) is 18.9 Å². The summed E-state index contributed by atoms with van der Waals surface area (Å²) >= 11 is 0. The summed E-state index contributed by atoms with van der Waals surface area (Å²) in [4.78, 5) is 10.9. The number of para-hydroxylation sites is 1. The van der Waals surface area contributed by atoms with Crippen LogP contribution in [0.15, 0.2) is 30.3 Å². The van der Waals surface area contributed by atoms with E-state index in [1.165, 1.54) is 24.3 Å². The van der Waals surface area contributed by atoms with Crippen molar-refractivity contribution >= 4 is 17.4 Å². The molecule has 1 aromatic rings. The fourth-order valence-corrected chi connectivity index (χ4v) is 1.74. The van der Waals surface area contributed by atoms with Crippen LogP contribution in [0.25, 0.3) is 5.76 Å². The second-order valence-electron chi connectivity index (χ2n) is 3.81. The molecule has 7 heteroatoms. The second kappa shape index (κ2) is 3.66. The van der Waals surface area contributed by atoms with Crippen molar-refractivity contribution in [3.63, 3.8) is 0 Å². The first-order chi connectivity index (χ1) is 8.28. The third-order valence-electron chi connectivity index (χ3n) is 2.67. The van der Waals surface area contributed by atoms with Crippen LogP contribution in [-0.4, -0.2) is 27.9 Å². The van der Waals surface area contributed by atoms with E-state index in [4.69, 9.17) is 5.11 Å². The molecule has 96 valence electrons. The lowest BCUT2D eigenvalue weighted by atomic mass is 9.91. The van der Waals surface area contributed by atoms with Gasteiger partial charge in [-0.1, -0.05) is 12.1 Å². The van der Waals surface area contributed by atoms with Crippen molar-refractivity contribution in [2.45, 2.75) is 11.7 Å². The minimum Gasteiger partial charge on any atom is -0.507 e. The average molecular weight is 259 g/mol. The van der Waals surface area contributed by atoms with Crippen LogP contribution in [0.5, 0.6) is 0 Å². The SMILES string of the molecule is O=C(O)C1(C(F)(F)F)C=C(O)c2ccccc2N1. The van der Waals surface area contributed by atoms with Gasteiger partial charge in [-0.3, -0.25) is 0 Å². The lowest BCUT2D eigenvalue weighted by Gasteiger charge is -2.34. The standard InChI is InChI=1S/C11H8F3NO3/c12-11(13,14)10(9(17)18)5-8(16)6-3-1-2-4-7(6)15-10/h1-5,15-16H,(H,17,18). The Bertz CT molecular complexity index is 539. The van der Waals surface area contributed by atoms with Crippen LogP contribution < -0.4 is 5.32 Å². The Morgan fingerprint density at radius 1 is 1.28 bits per heavy atom. The van der Waals surface area contributed by atoms with Gasteiger partial charge in [0.15, 0.2) is 0 Å². The highest BCUT2D eigenvalue weighted by Crippen LogP contribution is 2.41. The lowest BCUT2D eigenvalue weighted by Crippen LogP contribution is -2.57. The Morgan fingerprint density at radius 3 is 2.44 bits per heavy atom. The summed E-state index contributed by atoms with van der Waals surface area (Å²) in [7, 11) is 0. The van der Waals surface area contributed by atoms with Gasteiger partial charge in [-0.15, -0.1) is 0 Å². The Labute approximate surface area is 99.4 Å². The monoisotopic (exact) mass is 259 g/mol. The summed E-state index contributed by atoms with van der Waals surface area (Å²) in [6.45, 7) is 0. The van der Waals surface area contributed by atoms with Crippen molar-refractivity contribution in [3.8, 4) is 0 Å². The van der Waals surface area contributed by atoms with Crippen molar-refractivity contribution in [2.24, 2.45) is 0 Å². The summed E-state index contributed by atoms with van der Waals surface area (Å²) in [5, 5.41) is 20.3. The smallest absolute Gasteiger partial charge is 0.426 e. The lowest BCUT2D eigenvalue weighted by molar-refractivity contribution is -0.187. The summed E-state index contributed by atoms with van der Waals surface area (Å²) in [6.07, 6.45) is -4.82. The summed E-state index contributed by atoms with van der Waals surface area (Å²) in [6, 6.07) is 5.61. The van der Waals surface area contributed by atoms with E-state index in [-0.39, 0.29) is 17.3 Å². The third kappa shape index (κ3) is 1.59. The normalized spacial score (nSPS) is 22.7. The number of anilines is 1. The molecular weight excluding hydrogens is 251 g/mol. The van der Waals surface area contributed by atoms with Crippen molar-refractivity contribution < 1.29 is 28.2 Å². The predicted molar refractivity (Wildman–Crippen MR) is 57.1 cm³/mol. The van der Waals surface area contributed by atoms with Gasteiger partial charge in [-0.25, -0.2) is 4.79 Å². The molecule has 0 saturated heterocycles. The molecule has 0 spiro atoms. The minimum absolute atomic E-state index is 0.0859. The largest absolute Gasteiger partial charge is 0.507 e. The minimum atomic E-state index is -5.08. The molecule has 0 amide bonds. The molecule has 3 N–H and O–H groups in total. The molecule has 1 atom stereocenters. The maximum atomic E-state index is 12.9. The highest BCUT2D eigenvalue weighted by Gasteiger charge is 2.61. The Kier molecular flexibility index (Phi) is 2.50. The zero-order chi connectivity index (χ0) is 13.6. The topological polar surface area (TPSA) is 69.6 Å². The zero-order valence-corrected chi connectivity index (χ0v) is 8.82. The summed E-state index contributed by atoms with van der Waals surface area (Å²) < 4.78 is 38.7. The Morgan fingerprint density at radius 2 is 1.89 bits per heavy atom. The van der Waals surface area contributed by atoms with Crippen LogP contribution in [0.3, 0.4) is 0 Å². The quantitative estimate of drug-likeness (QED) is 0.724. The molecule has 4 nitrogen and oxygen atoms in total. The first-order valence-corrected chi connectivity index (χ1v) is 4.87. The number of hydrogen-bond donors (Lipinski definition) is 3. The number of halogens is 3. The molecule has 1 aromatic carbocycles. The molecule has 0 aromatic heterocycles. The maximum absolute atomic E-state index is 12.9. The zero-order valence-electron chi connectivity index (χ0n) is 8.82. The molecule has 0 fully saturated rings. The number of carboxylic acid groups (broad SMARTS) is 1. The van der Waals surface area contributed by atoms with Gasteiger partial charge in [0, 0.05) is 17.3 Å². The molecule has 0 aliphatic carbocycles. The third-order valence-corrected chi connectivity index (χ3v) is 2.67. The average Bonchev–Trinajstić information content (AvgIpc) is 2.27. The van der Waals surface area contributed by atoms with Crippen LogP contribution in [0.2, 0.25) is 0 Å². The number of carboxylic acids is 1. The van der Waals surface area contributed by atoms with E-state index in [1.807, 2.05) is 5.32 Å². The Balaban J connectivity index is 2.64. The maximum Gasteiger partial charge on any atom is 0.426 e.